The second-order valence-corrected chi connectivity index (χ2v) is 7.67. The van der Waals surface area contributed by atoms with Gasteiger partial charge in [-0.1, -0.05) is 20.3 Å². The van der Waals surface area contributed by atoms with E-state index in [4.69, 9.17) is 0 Å². The largest absolute Gasteiger partial charge is 0.347 e. The molecule has 1 aliphatic carbocycles. The van der Waals surface area contributed by atoms with Crippen LogP contribution in [0, 0.1) is 0 Å². The Morgan fingerprint density at radius 3 is 3.00 bits per heavy atom. The Morgan fingerprint density at radius 2 is 2.30 bits per heavy atom. The van der Waals surface area contributed by atoms with E-state index in [-0.39, 0.29) is 5.91 Å². The Morgan fingerprint density at radius 1 is 1.50 bits per heavy atom. The van der Waals surface area contributed by atoms with E-state index >= 15 is 0 Å². The van der Waals surface area contributed by atoms with Gasteiger partial charge in [0.25, 0.3) is 5.91 Å². The van der Waals surface area contributed by atoms with Gasteiger partial charge in [-0.25, -0.2) is 0 Å². The van der Waals surface area contributed by atoms with Gasteiger partial charge in [-0.3, -0.25) is 4.79 Å². The van der Waals surface area contributed by atoms with Gasteiger partial charge in [-0.2, -0.15) is 11.8 Å². The standard InChI is InChI=1S/C15H23BrN2OS/c1-3-8-18-10-11(16)9-13(18)15(19)17-12-6-5-7-14(12)20-4-2/h9-10,12,14H,3-8H2,1-2H3,(H,17,19). The molecule has 3 nitrogen and oxygen atoms in total. The maximum atomic E-state index is 12.5. The lowest BCUT2D eigenvalue weighted by Gasteiger charge is -2.20. The summed E-state index contributed by atoms with van der Waals surface area (Å²) >= 11 is 5.44. The van der Waals surface area contributed by atoms with Crippen LogP contribution in [0.5, 0.6) is 0 Å². The Labute approximate surface area is 134 Å². The van der Waals surface area contributed by atoms with Gasteiger partial charge >= 0.3 is 0 Å². The first-order valence-corrected chi connectivity index (χ1v) is 9.28. The number of thioether (sulfide) groups is 1. The predicted molar refractivity (Wildman–Crippen MR) is 89.4 cm³/mol. The van der Waals surface area contributed by atoms with Crippen molar-refractivity contribution in [3.63, 3.8) is 0 Å². The molecule has 0 bridgehead atoms. The number of halogens is 1. The molecule has 1 aliphatic rings. The summed E-state index contributed by atoms with van der Waals surface area (Å²) in [6, 6.07) is 2.25. The fourth-order valence-corrected chi connectivity index (χ4v) is 4.50. The summed E-state index contributed by atoms with van der Waals surface area (Å²) in [6.45, 7) is 5.19. The summed E-state index contributed by atoms with van der Waals surface area (Å²) in [7, 11) is 0. The summed E-state index contributed by atoms with van der Waals surface area (Å²) in [6.07, 6.45) is 6.58. The predicted octanol–water partition coefficient (Wildman–Crippen LogP) is 4.06. The van der Waals surface area contributed by atoms with E-state index in [9.17, 15) is 4.79 Å². The Hall–Kier alpha value is -0.420. The van der Waals surface area contributed by atoms with Crippen molar-refractivity contribution in [1.29, 1.82) is 0 Å². The van der Waals surface area contributed by atoms with Crippen molar-refractivity contribution in [3.8, 4) is 0 Å². The number of carbonyl (C=O) groups is 1. The van der Waals surface area contributed by atoms with Crippen LogP contribution in [0.2, 0.25) is 0 Å². The lowest BCUT2D eigenvalue weighted by Crippen LogP contribution is -2.39. The molecule has 1 saturated carbocycles. The number of nitrogens with zero attached hydrogens (tertiary/aromatic N) is 1. The van der Waals surface area contributed by atoms with Crippen molar-refractivity contribution in [2.75, 3.05) is 5.75 Å². The van der Waals surface area contributed by atoms with Crippen LogP contribution in [0.4, 0.5) is 0 Å². The smallest absolute Gasteiger partial charge is 0.268 e. The zero-order chi connectivity index (χ0) is 14.5. The van der Waals surface area contributed by atoms with E-state index in [0.717, 1.165) is 35.3 Å². The van der Waals surface area contributed by atoms with Gasteiger partial charge in [0.15, 0.2) is 0 Å². The van der Waals surface area contributed by atoms with Crippen LogP contribution in [0.3, 0.4) is 0 Å². The van der Waals surface area contributed by atoms with Crippen molar-refractivity contribution in [2.45, 2.75) is 57.4 Å². The van der Waals surface area contributed by atoms with Gasteiger partial charge in [-0.05, 0) is 47.0 Å². The zero-order valence-electron chi connectivity index (χ0n) is 12.2. The summed E-state index contributed by atoms with van der Waals surface area (Å²) in [5.74, 6) is 1.19. The highest BCUT2D eigenvalue weighted by Gasteiger charge is 2.29. The van der Waals surface area contributed by atoms with Gasteiger partial charge in [0, 0.05) is 28.5 Å². The molecule has 20 heavy (non-hydrogen) atoms. The van der Waals surface area contributed by atoms with Crippen LogP contribution >= 0.6 is 27.7 Å². The molecular weight excluding hydrogens is 336 g/mol. The number of carbonyl (C=O) groups excluding carboxylic acids is 1. The first-order chi connectivity index (χ1) is 9.65. The first-order valence-electron chi connectivity index (χ1n) is 7.43. The molecule has 0 aromatic carbocycles. The number of aromatic nitrogens is 1. The third kappa shape index (κ3) is 3.82. The van der Waals surface area contributed by atoms with Crippen LogP contribution < -0.4 is 5.32 Å². The molecule has 2 unspecified atom stereocenters. The van der Waals surface area contributed by atoms with Gasteiger partial charge in [0.1, 0.15) is 5.69 Å². The summed E-state index contributed by atoms with van der Waals surface area (Å²) < 4.78 is 3.01. The molecule has 0 spiro atoms. The van der Waals surface area contributed by atoms with Gasteiger partial charge in [0.05, 0.1) is 0 Å². The molecule has 2 rings (SSSR count). The molecule has 1 N–H and O–H groups in total. The topological polar surface area (TPSA) is 34.0 Å². The van der Waals surface area contributed by atoms with Crippen molar-refractivity contribution in [3.05, 3.63) is 22.4 Å². The van der Waals surface area contributed by atoms with Crippen molar-refractivity contribution < 1.29 is 4.79 Å². The maximum absolute atomic E-state index is 12.5. The molecule has 0 saturated heterocycles. The molecule has 0 radical (unpaired) electrons. The molecule has 112 valence electrons. The molecular formula is C15H23BrN2OS. The fourth-order valence-electron chi connectivity index (χ4n) is 2.84. The molecule has 1 aromatic rings. The van der Waals surface area contributed by atoms with Crippen LogP contribution in [-0.2, 0) is 6.54 Å². The minimum atomic E-state index is 0.0674. The summed E-state index contributed by atoms with van der Waals surface area (Å²) in [5, 5.41) is 3.83. The van der Waals surface area contributed by atoms with E-state index in [1.54, 1.807) is 0 Å². The maximum Gasteiger partial charge on any atom is 0.268 e. The second kappa shape index (κ2) is 7.55. The first kappa shape index (κ1) is 16.0. The van der Waals surface area contributed by atoms with E-state index in [2.05, 4.69) is 35.1 Å². The highest BCUT2D eigenvalue weighted by molar-refractivity contribution is 9.10. The fraction of sp³-hybridized carbons (Fsp3) is 0.667. The monoisotopic (exact) mass is 358 g/mol. The minimum absolute atomic E-state index is 0.0674. The highest BCUT2D eigenvalue weighted by atomic mass is 79.9. The lowest BCUT2D eigenvalue weighted by molar-refractivity contribution is 0.0929. The zero-order valence-corrected chi connectivity index (χ0v) is 14.6. The number of hydrogen-bond donors (Lipinski definition) is 1. The van der Waals surface area contributed by atoms with Crippen LogP contribution in [0.1, 0.15) is 50.0 Å². The molecule has 1 fully saturated rings. The highest BCUT2D eigenvalue weighted by Crippen LogP contribution is 2.30. The van der Waals surface area contributed by atoms with E-state index in [1.807, 2.05) is 28.6 Å². The van der Waals surface area contributed by atoms with Crippen molar-refractivity contribution in [2.24, 2.45) is 0 Å². The Kier molecular flexibility index (Phi) is 6.02. The Bertz CT molecular complexity index is 461. The van der Waals surface area contributed by atoms with Crippen LogP contribution in [0.15, 0.2) is 16.7 Å². The van der Waals surface area contributed by atoms with Gasteiger partial charge < -0.3 is 9.88 Å². The minimum Gasteiger partial charge on any atom is -0.347 e. The van der Waals surface area contributed by atoms with Crippen molar-refractivity contribution >= 4 is 33.6 Å². The molecule has 1 amide bonds. The average molecular weight is 359 g/mol. The second-order valence-electron chi connectivity index (χ2n) is 5.24. The van der Waals surface area contributed by atoms with Crippen LogP contribution in [0.25, 0.3) is 0 Å². The number of nitrogens with one attached hydrogen (secondary N) is 1. The van der Waals surface area contributed by atoms with Gasteiger partial charge in [0.2, 0.25) is 0 Å². The third-order valence-corrected chi connectivity index (χ3v) is 5.47. The van der Waals surface area contributed by atoms with Crippen molar-refractivity contribution in [1.82, 2.24) is 9.88 Å². The average Bonchev–Trinajstić information content (AvgIpc) is 2.98. The number of aryl methyl sites for hydroxylation is 1. The molecule has 5 heteroatoms. The third-order valence-electron chi connectivity index (χ3n) is 3.71. The van der Waals surface area contributed by atoms with E-state index in [1.165, 1.54) is 12.8 Å². The molecule has 0 aliphatic heterocycles. The molecule has 1 aromatic heterocycles. The summed E-state index contributed by atoms with van der Waals surface area (Å²) in [5.41, 5.74) is 0.769. The van der Waals surface area contributed by atoms with Gasteiger partial charge in [-0.15, -0.1) is 0 Å². The number of amides is 1. The lowest BCUT2D eigenvalue weighted by atomic mass is 10.2. The normalized spacial score (nSPS) is 22.1. The SMILES string of the molecule is CCCn1cc(Br)cc1C(=O)NC1CCCC1SCC. The van der Waals surface area contributed by atoms with E-state index in [0.29, 0.717) is 11.3 Å². The quantitative estimate of drug-likeness (QED) is 0.831. The van der Waals surface area contributed by atoms with E-state index < -0.39 is 0 Å². The Balaban J connectivity index is 2.04. The molecule has 1 heterocycles. The number of rotatable bonds is 6. The van der Waals surface area contributed by atoms with Crippen LogP contribution in [-0.4, -0.2) is 27.5 Å². The summed E-state index contributed by atoms with van der Waals surface area (Å²) in [4.78, 5) is 12.5. The molecule has 2 atom stereocenters. The number of hydrogen-bond acceptors (Lipinski definition) is 2.